The fourth-order valence-electron chi connectivity index (χ4n) is 6.78. The van der Waals surface area contributed by atoms with Gasteiger partial charge < -0.3 is 30.3 Å². The molecule has 1 aromatic carbocycles. The molecule has 4 amide bonds. The smallest absolute Gasteiger partial charge is 0.229 e. The van der Waals surface area contributed by atoms with Gasteiger partial charge >= 0.3 is 0 Å². The van der Waals surface area contributed by atoms with Crippen LogP contribution in [-0.2, 0) is 41.6 Å². The van der Waals surface area contributed by atoms with Crippen LogP contribution in [0.4, 0.5) is 5.69 Å². The number of nitrogens with one attached hydrogen (secondary N) is 2. The molecule has 2 aliphatic carbocycles. The third kappa shape index (κ3) is 10.8. The zero-order chi connectivity index (χ0) is 35.3. The van der Waals surface area contributed by atoms with Gasteiger partial charge in [-0.15, -0.1) is 0 Å². The molecule has 2 aliphatic rings. The molecular weight excluding hydrogens is 628 g/mol. The average molecular weight is 683 g/mol. The van der Waals surface area contributed by atoms with Crippen molar-refractivity contribution in [3.63, 3.8) is 0 Å². The van der Waals surface area contributed by atoms with Crippen LogP contribution >= 0.6 is 0 Å². The van der Waals surface area contributed by atoms with E-state index in [0.29, 0.717) is 63.4 Å². The summed E-state index contributed by atoms with van der Waals surface area (Å²) >= 11 is 0. The number of benzene rings is 1. The minimum absolute atomic E-state index is 0.0379. The molecule has 2 aromatic rings. The number of nitrogens with zero attached hydrogens (tertiary/aromatic N) is 2. The van der Waals surface area contributed by atoms with Gasteiger partial charge in [0.25, 0.3) is 0 Å². The fourth-order valence-corrected chi connectivity index (χ4v) is 6.78. The molecule has 2 fully saturated rings. The Balaban J connectivity index is 1.00. The van der Waals surface area contributed by atoms with Gasteiger partial charge in [-0.1, -0.05) is 18.6 Å². The third-order valence-corrected chi connectivity index (χ3v) is 9.92. The Hall–Kier alpha value is -3.90. The highest BCUT2D eigenvalue weighted by molar-refractivity contribution is 5.94. The van der Waals surface area contributed by atoms with Crippen molar-refractivity contribution in [3.8, 4) is 11.8 Å². The maximum absolute atomic E-state index is 12.7. The van der Waals surface area contributed by atoms with Gasteiger partial charge in [0.1, 0.15) is 0 Å². The Labute approximate surface area is 289 Å². The van der Waals surface area contributed by atoms with Gasteiger partial charge in [0.05, 0.1) is 32.8 Å². The van der Waals surface area contributed by atoms with Crippen LogP contribution in [0, 0.1) is 18.8 Å². The zero-order valence-electron chi connectivity index (χ0n) is 29.3. The van der Waals surface area contributed by atoms with Crippen LogP contribution in [-0.4, -0.2) is 82.8 Å². The first-order valence-corrected chi connectivity index (χ1v) is 17.8. The summed E-state index contributed by atoms with van der Waals surface area (Å²) in [5, 5.41) is 27.3. The lowest BCUT2D eigenvalue weighted by Gasteiger charge is -2.28. The predicted molar refractivity (Wildman–Crippen MR) is 185 cm³/mol. The Morgan fingerprint density at radius 1 is 0.898 bits per heavy atom. The Bertz CT molecular complexity index is 1410. The number of anilines is 1. The van der Waals surface area contributed by atoms with Crippen LogP contribution in [0.15, 0.2) is 24.3 Å². The van der Waals surface area contributed by atoms with E-state index >= 15 is 0 Å². The van der Waals surface area contributed by atoms with Crippen LogP contribution in [0.2, 0.25) is 0 Å². The lowest BCUT2D eigenvalue weighted by Crippen LogP contribution is -2.35. The van der Waals surface area contributed by atoms with Gasteiger partial charge in [-0.3, -0.25) is 28.6 Å². The highest BCUT2D eigenvalue weighted by atomic mass is 16.5. The van der Waals surface area contributed by atoms with Crippen molar-refractivity contribution in [2.24, 2.45) is 11.8 Å². The molecule has 0 saturated heterocycles. The average Bonchev–Trinajstić information content (AvgIpc) is 3.26. The van der Waals surface area contributed by atoms with Crippen molar-refractivity contribution in [1.29, 1.82) is 0 Å². The lowest BCUT2D eigenvalue weighted by molar-refractivity contribution is -0.143. The number of aromatic hydroxyl groups is 2. The molecule has 270 valence electrons. The molecule has 49 heavy (non-hydrogen) atoms. The number of aryl methyl sites for hydroxylation is 1. The second-order valence-corrected chi connectivity index (χ2v) is 13.3. The van der Waals surface area contributed by atoms with E-state index < -0.39 is 0 Å². The van der Waals surface area contributed by atoms with E-state index in [1.54, 1.807) is 23.6 Å². The first-order valence-electron chi connectivity index (χ1n) is 17.8. The Morgan fingerprint density at radius 2 is 1.57 bits per heavy atom. The van der Waals surface area contributed by atoms with E-state index in [-0.39, 0.29) is 60.8 Å². The molecule has 0 radical (unpaired) electrons. The molecule has 12 nitrogen and oxygen atoms in total. The third-order valence-electron chi connectivity index (χ3n) is 9.92. The SMILES string of the molecule is CCN(C(C)=O)C(=O)CCc1ccc(NC(=O)CCOCCOCCNC(=O)C2CCC(Cn3c(O)c(C)c(C4CCC4)c3O)CC2)cc1. The highest BCUT2D eigenvalue weighted by Crippen LogP contribution is 2.47. The number of carbonyl (C=O) groups is 4. The first kappa shape index (κ1) is 37.9. The lowest BCUT2D eigenvalue weighted by atomic mass is 9.79. The van der Waals surface area contributed by atoms with Crippen LogP contribution in [0.25, 0.3) is 0 Å². The molecule has 4 rings (SSSR count). The van der Waals surface area contributed by atoms with Gasteiger partial charge in [-0.05, 0) is 88.3 Å². The number of hydrogen-bond acceptors (Lipinski definition) is 8. The predicted octanol–water partition coefficient (Wildman–Crippen LogP) is 4.79. The molecule has 1 aromatic heterocycles. The minimum Gasteiger partial charge on any atom is -0.494 e. The number of rotatable bonds is 18. The van der Waals surface area contributed by atoms with Gasteiger partial charge in [-0.25, -0.2) is 0 Å². The Morgan fingerprint density at radius 3 is 2.18 bits per heavy atom. The number of imide groups is 1. The fraction of sp³-hybridized carbons (Fsp3) is 0.622. The summed E-state index contributed by atoms with van der Waals surface area (Å²) in [5.41, 5.74) is 3.31. The van der Waals surface area contributed by atoms with Crippen molar-refractivity contribution in [2.45, 2.75) is 97.4 Å². The van der Waals surface area contributed by atoms with E-state index in [4.69, 9.17) is 9.47 Å². The van der Waals surface area contributed by atoms with E-state index in [1.165, 1.54) is 18.2 Å². The largest absolute Gasteiger partial charge is 0.494 e. The second-order valence-electron chi connectivity index (χ2n) is 13.3. The summed E-state index contributed by atoms with van der Waals surface area (Å²) < 4.78 is 12.7. The molecule has 2 saturated carbocycles. The topological polar surface area (TPSA) is 159 Å². The maximum atomic E-state index is 12.7. The van der Waals surface area contributed by atoms with E-state index in [0.717, 1.165) is 55.2 Å². The number of amides is 4. The van der Waals surface area contributed by atoms with E-state index in [1.807, 2.05) is 19.1 Å². The molecular formula is C37H54N4O8. The number of hydrogen-bond donors (Lipinski definition) is 4. The second kappa shape index (κ2) is 18.7. The molecule has 12 heteroatoms. The van der Waals surface area contributed by atoms with Crippen LogP contribution in [0.3, 0.4) is 0 Å². The summed E-state index contributed by atoms with van der Waals surface area (Å²) in [6.07, 6.45) is 7.55. The van der Waals surface area contributed by atoms with Crippen LogP contribution in [0.1, 0.15) is 94.2 Å². The number of aromatic nitrogens is 1. The van der Waals surface area contributed by atoms with E-state index in [9.17, 15) is 29.4 Å². The number of carbonyl (C=O) groups excluding carboxylic acids is 4. The molecule has 0 aliphatic heterocycles. The first-order chi connectivity index (χ1) is 23.6. The Kier molecular flexibility index (Phi) is 14.5. The quantitative estimate of drug-likeness (QED) is 0.164. The standard InChI is InChI=1S/C37H54N4O8/c1-4-40(26(3)42)33(44)17-12-27-10-15-31(16-11-27)39-32(43)18-20-48-22-23-49-21-19-38-35(45)30-13-8-28(9-14-30)24-41-36(46)25(2)34(37(41)47)29-6-5-7-29/h10-11,15-16,28-30,46-47H,4-9,12-14,17-24H2,1-3H3,(H,38,45)(H,39,43). The van der Waals surface area contributed by atoms with Crippen molar-refractivity contribution >= 4 is 29.3 Å². The van der Waals surface area contributed by atoms with Gasteiger partial charge in [-0.2, -0.15) is 0 Å². The van der Waals surface area contributed by atoms with Crippen molar-refractivity contribution < 1.29 is 38.9 Å². The minimum atomic E-state index is -0.253. The maximum Gasteiger partial charge on any atom is 0.229 e. The van der Waals surface area contributed by atoms with Crippen molar-refractivity contribution in [3.05, 3.63) is 41.0 Å². The van der Waals surface area contributed by atoms with Gasteiger partial charge in [0, 0.05) is 55.7 Å². The zero-order valence-corrected chi connectivity index (χ0v) is 29.3. The monoisotopic (exact) mass is 682 g/mol. The van der Waals surface area contributed by atoms with Crippen molar-refractivity contribution in [1.82, 2.24) is 14.8 Å². The van der Waals surface area contributed by atoms with Gasteiger partial charge in [0.2, 0.25) is 23.6 Å². The molecule has 0 unspecified atom stereocenters. The molecule has 4 N–H and O–H groups in total. The highest BCUT2D eigenvalue weighted by Gasteiger charge is 2.32. The van der Waals surface area contributed by atoms with Gasteiger partial charge in [0.15, 0.2) is 11.8 Å². The summed E-state index contributed by atoms with van der Waals surface area (Å²) in [5.74, 6) is 0.432. The molecule has 1 heterocycles. The number of ether oxygens (including phenoxy) is 2. The van der Waals surface area contributed by atoms with Crippen LogP contribution < -0.4 is 10.6 Å². The normalized spacial score (nSPS) is 17.7. The molecule has 0 spiro atoms. The van der Waals surface area contributed by atoms with Crippen molar-refractivity contribution in [2.75, 3.05) is 44.8 Å². The molecule has 0 atom stereocenters. The van der Waals surface area contributed by atoms with Crippen LogP contribution in [0.5, 0.6) is 11.8 Å². The van der Waals surface area contributed by atoms with E-state index in [2.05, 4.69) is 10.6 Å². The molecule has 0 bridgehead atoms. The summed E-state index contributed by atoms with van der Waals surface area (Å²) in [6, 6.07) is 7.28. The summed E-state index contributed by atoms with van der Waals surface area (Å²) in [6.45, 7) is 7.71. The summed E-state index contributed by atoms with van der Waals surface area (Å²) in [7, 11) is 0. The summed E-state index contributed by atoms with van der Waals surface area (Å²) in [4.78, 5) is 49.9.